The normalized spacial score (nSPS) is 15.2. The van der Waals surface area contributed by atoms with Crippen LogP contribution in [0.5, 0.6) is 5.75 Å². The Morgan fingerprint density at radius 2 is 1.89 bits per heavy atom. The molecule has 0 spiro atoms. The average molecular weight is 374 g/mol. The average Bonchev–Trinajstić information content (AvgIpc) is 3.03. The van der Waals surface area contributed by atoms with E-state index in [0.717, 1.165) is 17.8 Å². The molecule has 0 saturated heterocycles. The Hall–Kier alpha value is -3.41. The molecule has 1 amide bonds. The van der Waals surface area contributed by atoms with Gasteiger partial charge >= 0.3 is 0 Å². The molecule has 0 radical (unpaired) electrons. The molecule has 6 nitrogen and oxygen atoms in total. The van der Waals surface area contributed by atoms with Crippen LogP contribution in [0.15, 0.2) is 54.6 Å². The molecule has 0 fully saturated rings. The van der Waals surface area contributed by atoms with E-state index in [-0.39, 0.29) is 11.9 Å². The molecule has 1 atom stereocenters. The van der Waals surface area contributed by atoms with E-state index in [1.165, 1.54) is 5.56 Å². The fourth-order valence-corrected chi connectivity index (χ4v) is 3.63. The van der Waals surface area contributed by atoms with Gasteiger partial charge in [0.1, 0.15) is 23.1 Å². The van der Waals surface area contributed by atoms with E-state index in [2.05, 4.69) is 28.3 Å². The second-order valence-corrected chi connectivity index (χ2v) is 6.87. The minimum Gasteiger partial charge on any atom is -0.495 e. The number of rotatable bonds is 4. The van der Waals surface area contributed by atoms with E-state index in [4.69, 9.17) is 4.74 Å². The zero-order valence-electron chi connectivity index (χ0n) is 16.1. The number of nitrogens with one attached hydrogen (secondary N) is 1. The maximum atomic E-state index is 13.3. The Kier molecular flexibility index (Phi) is 4.69. The van der Waals surface area contributed by atoms with Crippen molar-refractivity contribution in [1.29, 1.82) is 0 Å². The molecular weight excluding hydrogens is 352 g/mol. The third kappa shape index (κ3) is 3.29. The first-order valence-electron chi connectivity index (χ1n) is 9.24. The monoisotopic (exact) mass is 374 g/mol. The highest BCUT2D eigenvalue weighted by molar-refractivity contribution is 6.07. The lowest BCUT2D eigenvalue weighted by atomic mass is 10.1. The zero-order valence-corrected chi connectivity index (χ0v) is 16.1. The number of carbonyl (C=O) groups is 1. The highest BCUT2D eigenvalue weighted by atomic mass is 16.5. The smallest absolute Gasteiger partial charge is 0.277 e. The Balaban J connectivity index is 1.67. The van der Waals surface area contributed by atoms with Gasteiger partial charge in [-0.05, 0) is 44.0 Å². The van der Waals surface area contributed by atoms with Crippen LogP contribution in [-0.2, 0) is 6.42 Å². The van der Waals surface area contributed by atoms with Crippen molar-refractivity contribution < 1.29 is 9.53 Å². The second-order valence-electron chi connectivity index (χ2n) is 6.87. The maximum Gasteiger partial charge on any atom is 0.277 e. The molecule has 2 aromatic carbocycles. The van der Waals surface area contributed by atoms with Crippen LogP contribution in [0.25, 0.3) is 0 Å². The quantitative estimate of drug-likeness (QED) is 0.744. The molecular formula is C22H22N4O2. The van der Waals surface area contributed by atoms with Gasteiger partial charge in [0.2, 0.25) is 0 Å². The number of fused-ring (bicyclic) bond motifs is 1. The molecule has 1 aliphatic heterocycles. The van der Waals surface area contributed by atoms with Gasteiger partial charge in [-0.25, -0.2) is 9.97 Å². The molecule has 28 heavy (non-hydrogen) atoms. The molecule has 0 bridgehead atoms. The first kappa shape index (κ1) is 18.0. The first-order chi connectivity index (χ1) is 13.6. The van der Waals surface area contributed by atoms with Crippen molar-refractivity contribution in [2.45, 2.75) is 26.3 Å². The van der Waals surface area contributed by atoms with E-state index in [0.29, 0.717) is 23.1 Å². The molecule has 1 unspecified atom stereocenters. The van der Waals surface area contributed by atoms with Gasteiger partial charge in [0.25, 0.3) is 5.91 Å². The number of nitrogens with zero attached hydrogens (tertiary/aromatic N) is 3. The van der Waals surface area contributed by atoms with Gasteiger partial charge in [-0.1, -0.05) is 30.3 Å². The summed E-state index contributed by atoms with van der Waals surface area (Å²) in [5.41, 5.74) is 3.28. The number of benzene rings is 2. The number of methoxy groups -OCH3 is 1. The fraction of sp³-hybridized carbons (Fsp3) is 0.227. The first-order valence-corrected chi connectivity index (χ1v) is 9.24. The lowest BCUT2D eigenvalue weighted by Gasteiger charge is -2.22. The van der Waals surface area contributed by atoms with Crippen LogP contribution in [0.3, 0.4) is 0 Å². The molecule has 0 aliphatic carbocycles. The second kappa shape index (κ2) is 7.31. The molecule has 1 aliphatic rings. The molecule has 0 saturated carbocycles. The van der Waals surface area contributed by atoms with Crippen molar-refractivity contribution in [3.8, 4) is 5.75 Å². The standard InChI is InChI=1S/C22H22N4O2/c1-14-12-16-8-4-6-10-19(16)26(14)22(27)18-13-21(24-15(2)23-18)25-17-9-5-7-11-20(17)28-3/h4-11,13-14H,12H2,1-3H3,(H,23,24,25). The Morgan fingerprint density at radius 1 is 1.14 bits per heavy atom. The van der Waals surface area contributed by atoms with E-state index in [9.17, 15) is 4.79 Å². The lowest BCUT2D eigenvalue weighted by Crippen LogP contribution is -2.36. The van der Waals surface area contributed by atoms with Crippen LogP contribution in [0.4, 0.5) is 17.2 Å². The number of hydrogen-bond donors (Lipinski definition) is 1. The molecule has 6 heteroatoms. The number of aromatic nitrogens is 2. The van der Waals surface area contributed by atoms with Crippen molar-refractivity contribution in [1.82, 2.24) is 9.97 Å². The van der Waals surface area contributed by atoms with Crippen LogP contribution >= 0.6 is 0 Å². The van der Waals surface area contributed by atoms with Gasteiger partial charge in [0, 0.05) is 17.8 Å². The van der Waals surface area contributed by atoms with Gasteiger partial charge < -0.3 is 15.0 Å². The predicted molar refractivity (Wildman–Crippen MR) is 109 cm³/mol. The van der Waals surface area contributed by atoms with Crippen LogP contribution in [-0.4, -0.2) is 29.0 Å². The summed E-state index contributed by atoms with van der Waals surface area (Å²) in [7, 11) is 1.62. The summed E-state index contributed by atoms with van der Waals surface area (Å²) < 4.78 is 5.38. The lowest BCUT2D eigenvalue weighted by molar-refractivity contribution is 0.0976. The molecule has 3 aromatic rings. The van der Waals surface area contributed by atoms with Gasteiger partial charge in [0.15, 0.2) is 0 Å². The highest BCUT2D eigenvalue weighted by Crippen LogP contribution is 2.33. The number of amides is 1. The van der Waals surface area contributed by atoms with Crippen molar-refractivity contribution in [3.63, 3.8) is 0 Å². The highest BCUT2D eigenvalue weighted by Gasteiger charge is 2.32. The van der Waals surface area contributed by atoms with E-state index in [1.807, 2.05) is 47.4 Å². The van der Waals surface area contributed by atoms with Crippen molar-refractivity contribution in [3.05, 3.63) is 71.7 Å². The summed E-state index contributed by atoms with van der Waals surface area (Å²) in [6.45, 7) is 3.84. The molecule has 1 aromatic heterocycles. The number of anilines is 3. The van der Waals surface area contributed by atoms with E-state index < -0.39 is 0 Å². The Bertz CT molecular complexity index is 1030. The van der Waals surface area contributed by atoms with Crippen LogP contribution in [0.2, 0.25) is 0 Å². The molecule has 4 rings (SSSR count). The zero-order chi connectivity index (χ0) is 19.7. The molecule has 1 N–H and O–H groups in total. The van der Waals surface area contributed by atoms with Gasteiger partial charge in [-0.15, -0.1) is 0 Å². The van der Waals surface area contributed by atoms with Crippen molar-refractivity contribution >= 4 is 23.1 Å². The summed E-state index contributed by atoms with van der Waals surface area (Å²) in [4.78, 5) is 23.9. The minimum absolute atomic E-state index is 0.0887. The number of ether oxygens (including phenoxy) is 1. The van der Waals surface area contributed by atoms with Crippen LogP contribution in [0, 0.1) is 6.92 Å². The van der Waals surface area contributed by atoms with E-state index in [1.54, 1.807) is 20.1 Å². The van der Waals surface area contributed by atoms with E-state index >= 15 is 0 Å². The van der Waals surface area contributed by atoms with Gasteiger partial charge in [0.05, 0.1) is 12.8 Å². The number of carbonyl (C=O) groups excluding carboxylic acids is 1. The van der Waals surface area contributed by atoms with Crippen molar-refractivity contribution in [2.24, 2.45) is 0 Å². The Labute approximate surface area is 164 Å². The third-order valence-corrected chi connectivity index (χ3v) is 4.85. The van der Waals surface area contributed by atoms with Crippen LogP contribution in [0.1, 0.15) is 28.8 Å². The molecule has 2 heterocycles. The minimum atomic E-state index is -0.119. The van der Waals surface area contributed by atoms with Gasteiger partial charge in [-0.3, -0.25) is 4.79 Å². The summed E-state index contributed by atoms with van der Waals surface area (Å²) in [6, 6.07) is 17.4. The summed E-state index contributed by atoms with van der Waals surface area (Å²) in [6.07, 6.45) is 0.846. The van der Waals surface area contributed by atoms with Crippen molar-refractivity contribution in [2.75, 3.05) is 17.3 Å². The number of hydrogen-bond acceptors (Lipinski definition) is 5. The fourth-order valence-electron chi connectivity index (χ4n) is 3.63. The summed E-state index contributed by atoms with van der Waals surface area (Å²) >= 11 is 0. The molecule has 142 valence electrons. The largest absolute Gasteiger partial charge is 0.495 e. The predicted octanol–water partition coefficient (Wildman–Crippen LogP) is 4.13. The Morgan fingerprint density at radius 3 is 2.71 bits per heavy atom. The summed E-state index contributed by atoms with van der Waals surface area (Å²) in [5, 5.41) is 3.23. The topological polar surface area (TPSA) is 67.3 Å². The number of para-hydroxylation sites is 3. The van der Waals surface area contributed by atoms with Gasteiger partial charge in [-0.2, -0.15) is 0 Å². The summed E-state index contributed by atoms with van der Waals surface area (Å²) in [5.74, 6) is 1.67. The SMILES string of the molecule is COc1ccccc1Nc1cc(C(=O)N2c3ccccc3CC2C)nc(C)n1. The number of aryl methyl sites for hydroxylation is 1. The van der Waals surface area contributed by atoms with Crippen LogP contribution < -0.4 is 15.0 Å². The maximum absolute atomic E-state index is 13.3. The third-order valence-electron chi connectivity index (χ3n) is 4.85.